The van der Waals surface area contributed by atoms with E-state index in [9.17, 15) is 10.1 Å². The average molecular weight is 220 g/mol. The highest BCUT2D eigenvalue weighted by molar-refractivity contribution is 5.57. The standard InChI is InChI=1S/C11H12N2O3/c1-4-8(2)12-9-5-10(13(14)15)7-11(6-9)16-3/h1,5-8,12H,2-3H3. The number of nitro groups is 1. The Kier molecular flexibility index (Phi) is 3.72. The molecule has 1 aromatic carbocycles. The van der Waals surface area contributed by atoms with E-state index >= 15 is 0 Å². The highest BCUT2D eigenvalue weighted by Crippen LogP contribution is 2.26. The van der Waals surface area contributed by atoms with Crippen LogP contribution in [-0.4, -0.2) is 18.1 Å². The van der Waals surface area contributed by atoms with Crippen LogP contribution < -0.4 is 10.1 Å². The van der Waals surface area contributed by atoms with E-state index in [0.29, 0.717) is 11.4 Å². The lowest BCUT2D eigenvalue weighted by atomic mass is 10.2. The molecule has 0 fully saturated rings. The zero-order chi connectivity index (χ0) is 12.1. The molecule has 0 spiro atoms. The van der Waals surface area contributed by atoms with Crippen molar-refractivity contribution in [2.45, 2.75) is 13.0 Å². The molecule has 1 aromatic rings. The third-order valence-corrected chi connectivity index (χ3v) is 1.97. The molecule has 1 atom stereocenters. The Labute approximate surface area is 93.6 Å². The van der Waals surface area contributed by atoms with Crippen molar-refractivity contribution in [3.8, 4) is 18.1 Å². The Balaban J connectivity index is 3.05. The minimum atomic E-state index is -0.478. The fourth-order valence-electron chi connectivity index (χ4n) is 1.18. The molecule has 0 saturated carbocycles. The van der Waals surface area contributed by atoms with Crippen LogP contribution in [0.5, 0.6) is 5.75 Å². The van der Waals surface area contributed by atoms with Crippen molar-refractivity contribution >= 4 is 11.4 Å². The number of hydrogen-bond donors (Lipinski definition) is 1. The molecule has 0 radical (unpaired) electrons. The van der Waals surface area contributed by atoms with Crippen LogP contribution in [0.4, 0.5) is 11.4 Å². The first-order valence-corrected chi connectivity index (χ1v) is 4.63. The number of methoxy groups -OCH3 is 1. The van der Waals surface area contributed by atoms with Gasteiger partial charge in [-0.15, -0.1) is 6.42 Å². The maximum absolute atomic E-state index is 10.7. The number of terminal acetylenes is 1. The second kappa shape index (κ2) is 5.03. The smallest absolute Gasteiger partial charge is 0.275 e. The molecule has 5 nitrogen and oxygen atoms in total. The number of anilines is 1. The molecule has 0 aliphatic carbocycles. The van der Waals surface area contributed by atoms with Gasteiger partial charge in [0.15, 0.2) is 0 Å². The summed E-state index contributed by atoms with van der Waals surface area (Å²) in [6, 6.07) is 4.22. The first-order valence-electron chi connectivity index (χ1n) is 4.63. The van der Waals surface area contributed by atoms with Crippen LogP contribution in [0.15, 0.2) is 18.2 Å². The predicted octanol–water partition coefficient (Wildman–Crippen LogP) is 2.04. The summed E-state index contributed by atoms with van der Waals surface area (Å²) in [5.41, 5.74) is 0.530. The van der Waals surface area contributed by atoms with Gasteiger partial charge in [-0.2, -0.15) is 0 Å². The van der Waals surface area contributed by atoms with Gasteiger partial charge in [0.1, 0.15) is 5.75 Å². The molecule has 0 aliphatic heterocycles. The van der Waals surface area contributed by atoms with Gasteiger partial charge in [-0.05, 0) is 6.92 Å². The summed E-state index contributed by atoms with van der Waals surface area (Å²) < 4.78 is 4.96. The zero-order valence-corrected chi connectivity index (χ0v) is 9.06. The third-order valence-electron chi connectivity index (χ3n) is 1.97. The molecule has 1 rings (SSSR count). The molecule has 1 N–H and O–H groups in total. The van der Waals surface area contributed by atoms with Gasteiger partial charge in [0.05, 0.1) is 24.1 Å². The minimum absolute atomic E-state index is 0.0360. The van der Waals surface area contributed by atoms with Crippen molar-refractivity contribution in [2.24, 2.45) is 0 Å². The van der Waals surface area contributed by atoms with E-state index in [2.05, 4.69) is 11.2 Å². The molecule has 0 aromatic heterocycles. The molecular weight excluding hydrogens is 208 g/mol. The molecule has 1 unspecified atom stereocenters. The Hall–Kier alpha value is -2.22. The van der Waals surface area contributed by atoms with Gasteiger partial charge in [-0.25, -0.2) is 0 Å². The Morgan fingerprint density at radius 3 is 2.75 bits per heavy atom. The second-order valence-corrected chi connectivity index (χ2v) is 3.21. The van der Waals surface area contributed by atoms with E-state index in [1.54, 1.807) is 13.0 Å². The van der Waals surface area contributed by atoms with Crippen LogP contribution in [-0.2, 0) is 0 Å². The summed E-state index contributed by atoms with van der Waals surface area (Å²) in [7, 11) is 1.45. The number of ether oxygens (including phenoxy) is 1. The molecule has 0 saturated heterocycles. The number of non-ortho nitro benzene ring substituents is 1. The maximum atomic E-state index is 10.7. The first-order chi connectivity index (χ1) is 7.56. The first kappa shape index (κ1) is 11.9. The Morgan fingerprint density at radius 2 is 2.25 bits per heavy atom. The van der Waals surface area contributed by atoms with Gasteiger partial charge in [-0.3, -0.25) is 10.1 Å². The van der Waals surface area contributed by atoms with E-state index in [-0.39, 0.29) is 11.7 Å². The normalized spacial score (nSPS) is 11.3. The van der Waals surface area contributed by atoms with Crippen LogP contribution >= 0.6 is 0 Å². The number of nitrogens with zero attached hydrogens (tertiary/aromatic N) is 1. The molecule has 84 valence electrons. The van der Waals surface area contributed by atoms with Crippen LogP contribution in [0.25, 0.3) is 0 Å². The van der Waals surface area contributed by atoms with Crippen molar-refractivity contribution in [3.05, 3.63) is 28.3 Å². The fraction of sp³-hybridized carbons (Fsp3) is 0.273. The van der Waals surface area contributed by atoms with E-state index in [4.69, 9.17) is 11.2 Å². The molecule has 16 heavy (non-hydrogen) atoms. The topological polar surface area (TPSA) is 64.4 Å². The van der Waals surface area contributed by atoms with Crippen LogP contribution in [0.2, 0.25) is 0 Å². The fourth-order valence-corrected chi connectivity index (χ4v) is 1.18. The van der Waals surface area contributed by atoms with Gasteiger partial charge in [0, 0.05) is 17.8 Å². The second-order valence-electron chi connectivity index (χ2n) is 3.21. The van der Waals surface area contributed by atoms with Gasteiger partial charge < -0.3 is 10.1 Å². The van der Waals surface area contributed by atoms with Crippen LogP contribution in [0, 0.1) is 22.5 Å². The summed E-state index contributed by atoms with van der Waals surface area (Å²) in [4.78, 5) is 10.2. The zero-order valence-electron chi connectivity index (χ0n) is 9.06. The van der Waals surface area contributed by atoms with Gasteiger partial charge >= 0.3 is 0 Å². The summed E-state index contributed by atoms with van der Waals surface area (Å²) in [5, 5.41) is 13.6. The van der Waals surface area contributed by atoms with Crippen LogP contribution in [0.3, 0.4) is 0 Å². The Morgan fingerprint density at radius 1 is 1.56 bits per heavy atom. The van der Waals surface area contributed by atoms with Gasteiger partial charge in [0.2, 0.25) is 0 Å². The predicted molar refractivity (Wildman–Crippen MR) is 61.6 cm³/mol. The van der Waals surface area contributed by atoms with Crippen molar-refractivity contribution in [1.82, 2.24) is 0 Å². The lowest BCUT2D eigenvalue weighted by Gasteiger charge is -2.10. The highest BCUT2D eigenvalue weighted by atomic mass is 16.6. The summed E-state index contributed by atoms with van der Waals surface area (Å²) in [5.74, 6) is 2.90. The third kappa shape index (κ3) is 2.89. The number of nitro benzene ring substituents is 1. The number of benzene rings is 1. The maximum Gasteiger partial charge on any atom is 0.275 e. The van der Waals surface area contributed by atoms with Crippen LogP contribution in [0.1, 0.15) is 6.92 Å². The SMILES string of the molecule is C#CC(C)Nc1cc(OC)cc([N+](=O)[O-])c1. The lowest BCUT2D eigenvalue weighted by Crippen LogP contribution is -2.12. The van der Waals surface area contributed by atoms with Crippen molar-refractivity contribution in [1.29, 1.82) is 0 Å². The summed E-state index contributed by atoms with van der Waals surface area (Å²) >= 11 is 0. The molecule has 0 heterocycles. The van der Waals surface area contributed by atoms with Crippen molar-refractivity contribution in [3.63, 3.8) is 0 Å². The van der Waals surface area contributed by atoms with Crippen molar-refractivity contribution < 1.29 is 9.66 Å². The highest BCUT2D eigenvalue weighted by Gasteiger charge is 2.10. The van der Waals surface area contributed by atoms with E-state index in [1.807, 2.05) is 0 Å². The molecular formula is C11H12N2O3. The number of hydrogen-bond acceptors (Lipinski definition) is 4. The van der Waals surface area contributed by atoms with Crippen molar-refractivity contribution in [2.75, 3.05) is 12.4 Å². The number of nitrogens with one attached hydrogen (secondary N) is 1. The quantitative estimate of drug-likeness (QED) is 0.479. The molecule has 0 bridgehead atoms. The average Bonchev–Trinajstić information content (AvgIpc) is 2.28. The van der Waals surface area contributed by atoms with Gasteiger partial charge in [0.25, 0.3) is 5.69 Å². The molecule has 0 aliphatic rings. The minimum Gasteiger partial charge on any atom is -0.496 e. The number of rotatable bonds is 4. The molecule has 0 amide bonds. The van der Waals surface area contributed by atoms with E-state index in [1.165, 1.54) is 19.2 Å². The largest absolute Gasteiger partial charge is 0.496 e. The lowest BCUT2D eigenvalue weighted by molar-refractivity contribution is -0.384. The summed E-state index contributed by atoms with van der Waals surface area (Å²) in [6.45, 7) is 1.78. The monoisotopic (exact) mass is 220 g/mol. The van der Waals surface area contributed by atoms with E-state index in [0.717, 1.165) is 0 Å². The summed E-state index contributed by atoms with van der Waals surface area (Å²) in [6.07, 6.45) is 5.21. The Bertz CT molecular complexity index is 437. The van der Waals surface area contributed by atoms with E-state index < -0.39 is 4.92 Å². The molecule has 5 heteroatoms. The van der Waals surface area contributed by atoms with Gasteiger partial charge in [-0.1, -0.05) is 5.92 Å².